The summed E-state index contributed by atoms with van der Waals surface area (Å²) in [6, 6.07) is 7.69. The number of benzene rings is 1. The van der Waals surface area contributed by atoms with E-state index in [0.29, 0.717) is 11.6 Å². The third-order valence-electron chi connectivity index (χ3n) is 5.38. The largest absolute Gasteiger partial charge is 0.488 e. The van der Waals surface area contributed by atoms with Crippen LogP contribution in [-0.4, -0.2) is 39.5 Å². The van der Waals surface area contributed by atoms with Crippen LogP contribution in [0.15, 0.2) is 30.5 Å². The number of hydrogen-bond acceptors (Lipinski definition) is 6. The predicted molar refractivity (Wildman–Crippen MR) is 118 cm³/mol. The summed E-state index contributed by atoms with van der Waals surface area (Å²) in [4.78, 5) is 5.31. The molecule has 4 rings (SSSR count). The summed E-state index contributed by atoms with van der Waals surface area (Å²) in [7, 11) is 0. The van der Waals surface area contributed by atoms with Crippen molar-refractivity contribution >= 4 is 33.2 Å². The minimum Gasteiger partial charge on any atom is -0.488 e. The molecule has 5 nitrogen and oxygen atoms in total. The summed E-state index contributed by atoms with van der Waals surface area (Å²) in [5, 5.41) is 23.8. The van der Waals surface area contributed by atoms with Crippen LogP contribution in [0.4, 0.5) is 0 Å². The highest BCUT2D eigenvalue weighted by atomic mass is 35.5. The van der Waals surface area contributed by atoms with E-state index < -0.39 is 5.60 Å². The van der Waals surface area contributed by atoms with E-state index in [1.54, 1.807) is 6.20 Å². The van der Waals surface area contributed by atoms with E-state index in [1.165, 1.54) is 11.3 Å². The number of halogens is 1. The lowest BCUT2D eigenvalue weighted by Crippen LogP contribution is -2.42. The minimum atomic E-state index is -0.801. The molecule has 0 spiro atoms. The molecule has 0 bridgehead atoms. The Hall–Kier alpha value is -1.70. The summed E-state index contributed by atoms with van der Waals surface area (Å²) >= 11 is 7.93. The smallest absolute Gasteiger partial charge is 0.130 e. The van der Waals surface area contributed by atoms with E-state index in [4.69, 9.17) is 16.3 Å². The second-order valence-corrected chi connectivity index (χ2v) is 9.71. The fraction of sp³-hybridized carbons (Fsp3) is 0.409. The van der Waals surface area contributed by atoms with Gasteiger partial charge in [-0.3, -0.25) is 4.98 Å². The Kier molecular flexibility index (Phi) is 5.57. The van der Waals surface area contributed by atoms with Gasteiger partial charge in [-0.2, -0.15) is 0 Å². The lowest BCUT2D eigenvalue weighted by Gasteiger charge is -2.25. The first-order chi connectivity index (χ1) is 13.8. The number of nitrogens with zero attached hydrogens (tertiary/aromatic N) is 1. The maximum atomic E-state index is 10.3. The molecule has 1 aliphatic heterocycles. The second kappa shape index (κ2) is 7.85. The molecule has 7 heteroatoms. The van der Waals surface area contributed by atoms with Crippen molar-refractivity contribution in [2.45, 2.75) is 51.5 Å². The van der Waals surface area contributed by atoms with Crippen molar-refractivity contribution in [2.24, 2.45) is 0 Å². The average Bonchev–Trinajstić information content (AvgIpc) is 3.29. The number of fused-ring (bicyclic) bond motifs is 1. The number of aryl methyl sites for hydroxylation is 1. The molecule has 2 atom stereocenters. The van der Waals surface area contributed by atoms with Gasteiger partial charge in [0.05, 0.1) is 22.4 Å². The average molecular weight is 433 g/mol. The highest BCUT2D eigenvalue weighted by Crippen LogP contribution is 2.42. The maximum absolute atomic E-state index is 10.3. The molecule has 29 heavy (non-hydrogen) atoms. The van der Waals surface area contributed by atoms with Crippen molar-refractivity contribution in [3.05, 3.63) is 45.9 Å². The van der Waals surface area contributed by atoms with Crippen molar-refractivity contribution in [3.63, 3.8) is 0 Å². The van der Waals surface area contributed by atoms with Gasteiger partial charge in [0.15, 0.2) is 0 Å². The van der Waals surface area contributed by atoms with Gasteiger partial charge < -0.3 is 20.3 Å². The molecular formula is C22H25ClN2O3S. The van der Waals surface area contributed by atoms with Gasteiger partial charge in [0, 0.05) is 46.2 Å². The van der Waals surface area contributed by atoms with Crippen LogP contribution in [0.3, 0.4) is 0 Å². The number of thiophene rings is 1. The summed E-state index contributed by atoms with van der Waals surface area (Å²) < 4.78 is 7.46. The monoisotopic (exact) mass is 432 g/mol. The Balaban J connectivity index is 1.75. The maximum Gasteiger partial charge on any atom is 0.130 e. The first-order valence-electron chi connectivity index (χ1n) is 9.67. The van der Waals surface area contributed by atoms with E-state index in [2.05, 4.69) is 10.3 Å². The number of pyridine rings is 1. The van der Waals surface area contributed by atoms with E-state index in [0.717, 1.165) is 44.0 Å². The lowest BCUT2D eigenvalue weighted by atomic mass is 9.97. The summed E-state index contributed by atoms with van der Waals surface area (Å²) in [5.74, 6) is 0.795. The van der Waals surface area contributed by atoms with Gasteiger partial charge in [0.25, 0.3) is 0 Å². The zero-order valence-electron chi connectivity index (χ0n) is 16.7. The standard InChI is InChI=1S/C22H25ClN2O3S/c1-12-6-13(23)7-17(16-4-5-24-18-9-15(11-26)29-21(16)18)20(12)28-14-8-19(25-10-14)22(2,3)27/h4-7,9,14,19,25-27H,8,10-11H2,1-3H3/t14-,19-/m0/s1. The Morgan fingerprint density at radius 1 is 1.31 bits per heavy atom. The van der Waals surface area contributed by atoms with E-state index >= 15 is 0 Å². The van der Waals surface area contributed by atoms with Crippen LogP contribution >= 0.6 is 22.9 Å². The van der Waals surface area contributed by atoms with Crippen LogP contribution in [0.2, 0.25) is 5.02 Å². The van der Waals surface area contributed by atoms with Crippen LogP contribution in [0.1, 0.15) is 30.7 Å². The molecule has 3 N–H and O–H groups in total. The molecule has 0 amide bonds. The molecule has 0 unspecified atom stereocenters. The van der Waals surface area contributed by atoms with Crippen molar-refractivity contribution in [2.75, 3.05) is 6.54 Å². The fourth-order valence-corrected chi connectivity index (χ4v) is 5.14. The van der Waals surface area contributed by atoms with Crippen LogP contribution in [0, 0.1) is 6.92 Å². The first kappa shape index (κ1) is 20.6. The molecule has 1 fully saturated rings. The number of rotatable bonds is 5. The molecule has 154 valence electrons. The fourth-order valence-electron chi connectivity index (χ4n) is 3.86. The normalized spacial score (nSPS) is 19.8. The molecule has 1 aromatic carbocycles. The van der Waals surface area contributed by atoms with Crippen LogP contribution in [0.25, 0.3) is 21.3 Å². The molecule has 0 radical (unpaired) electrons. The van der Waals surface area contributed by atoms with E-state index in [1.807, 2.05) is 45.0 Å². The van der Waals surface area contributed by atoms with Crippen LogP contribution < -0.4 is 10.1 Å². The van der Waals surface area contributed by atoms with Gasteiger partial charge in [-0.25, -0.2) is 0 Å². The van der Waals surface area contributed by atoms with Gasteiger partial charge >= 0.3 is 0 Å². The SMILES string of the molecule is Cc1cc(Cl)cc(-c2ccnc3cc(CO)sc23)c1O[C@@H]1CN[C@H](C(C)(C)O)C1. The van der Waals surface area contributed by atoms with Crippen molar-refractivity contribution in [1.29, 1.82) is 0 Å². The summed E-state index contributed by atoms with van der Waals surface area (Å²) in [6.45, 7) is 6.29. The minimum absolute atomic E-state index is 0.00945. The van der Waals surface area contributed by atoms with Crippen molar-refractivity contribution in [3.8, 4) is 16.9 Å². The quantitative estimate of drug-likeness (QED) is 0.560. The van der Waals surface area contributed by atoms with E-state index in [-0.39, 0.29) is 18.8 Å². The number of aliphatic hydroxyl groups is 2. The third kappa shape index (κ3) is 4.13. The van der Waals surface area contributed by atoms with E-state index in [9.17, 15) is 10.2 Å². The summed E-state index contributed by atoms with van der Waals surface area (Å²) in [6.07, 6.45) is 2.45. The van der Waals surface area contributed by atoms with Crippen LogP contribution in [0.5, 0.6) is 5.75 Å². The highest BCUT2D eigenvalue weighted by molar-refractivity contribution is 7.19. The van der Waals surface area contributed by atoms with Crippen LogP contribution in [-0.2, 0) is 6.61 Å². The lowest BCUT2D eigenvalue weighted by molar-refractivity contribution is 0.0412. The molecule has 0 aliphatic carbocycles. The molecule has 2 aromatic heterocycles. The zero-order valence-corrected chi connectivity index (χ0v) is 18.3. The highest BCUT2D eigenvalue weighted by Gasteiger charge is 2.35. The predicted octanol–water partition coefficient (Wildman–Crippen LogP) is 4.30. The zero-order chi connectivity index (χ0) is 20.8. The Bertz CT molecular complexity index is 1040. The molecule has 3 aromatic rings. The number of aliphatic hydroxyl groups excluding tert-OH is 1. The number of nitrogens with one attached hydrogen (secondary N) is 1. The molecule has 1 aliphatic rings. The second-order valence-electron chi connectivity index (χ2n) is 8.13. The van der Waals surface area contributed by atoms with Crippen molar-refractivity contribution in [1.82, 2.24) is 10.3 Å². The Morgan fingerprint density at radius 2 is 2.10 bits per heavy atom. The number of ether oxygens (including phenoxy) is 1. The van der Waals surface area contributed by atoms with Gasteiger partial charge in [-0.15, -0.1) is 11.3 Å². The van der Waals surface area contributed by atoms with Gasteiger partial charge in [0.2, 0.25) is 0 Å². The topological polar surface area (TPSA) is 74.6 Å². The van der Waals surface area contributed by atoms with Gasteiger partial charge in [0.1, 0.15) is 11.9 Å². The van der Waals surface area contributed by atoms with Gasteiger partial charge in [-0.1, -0.05) is 11.6 Å². The molecular weight excluding hydrogens is 408 g/mol. The molecule has 3 heterocycles. The number of hydrogen-bond donors (Lipinski definition) is 3. The molecule has 1 saturated heterocycles. The summed E-state index contributed by atoms with van der Waals surface area (Å²) in [5.41, 5.74) is 2.92. The molecule has 0 saturated carbocycles. The van der Waals surface area contributed by atoms with Crippen molar-refractivity contribution < 1.29 is 14.9 Å². The first-order valence-corrected chi connectivity index (χ1v) is 10.9. The third-order valence-corrected chi connectivity index (χ3v) is 6.74. The Morgan fingerprint density at radius 3 is 2.79 bits per heavy atom. The number of aromatic nitrogens is 1. The van der Waals surface area contributed by atoms with Gasteiger partial charge in [-0.05, 0) is 50.6 Å². The Labute approximate surface area is 179 Å².